The number of carbonyl (C=O) groups excluding carboxylic acids is 1. The van der Waals surface area contributed by atoms with Crippen molar-refractivity contribution in [3.63, 3.8) is 0 Å². The Morgan fingerprint density at radius 3 is 2.50 bits per heavy atom. The van der Waals surface area contributed by atoms with E-state index in [4.69, 9.17) is 5.73 Å². The first-order chi connectivity index (χ1) is 9.92. The minimum atomic E-state index is -2.90. The van der Waals surface area contributed by atoms with Crippen LogP contribution in [0.3, 0.4) is 0 Å². The molecule has 0 saturated heterocycles. The number of nitrogens with one attached hydrogen (secondary N) is 1. The Morgan fingerprint density at radius 2 is 1.91 bits per heavy atom. The molecule has 124 valence electrons. The van der Waals surface area contributed by atoms with Crippen molar-refractivity contribution in [3.05, 3.63) is 29.8 Å². The van der Waals surface area contributed by atoms with Crippen LogP contribution in [0.4, 0.5) is 8.78 Å². The Morgan fingerprint density at radius 1 is 1.32 bits per heavy atom. The van der Waals surface area contributed by atoms with Crippen LogP contribution in [-0.4, -0.2) is 18.1 Å². The third kappa shape index (κ3) is 4.30. The van der Waals surface area contributed by atoms with Gasteiger partial charge in [-0.25, -0.2) is 0 Å². The molecule has 4 nitrogen and oxygen atoms in total. The van der Waals surface area contributed by atoms with E-state index in [1.807, 2.05) is 0 Å². The Bertz CT molecular complexity index is 508. The fourth-order valence-electron chi connectivity index (χ4n) is 2.69. The van der Waals surface area contributed by atoms with Crippen molar-refractivity contribution in [2.45, 2.75) is 50.8 Å². The van der Waals surface area contributed by atoms with Crippen LogP contribution < -0.4 is 15.8 Å². The monoisotopic (exact) mass is 334 g/mol. The van der Waals surface area contributed by atoms with E-state index < -0.39 is 18.2 Å². The summed E-state index contributed by atoms with van der Waals surface area (Å²) in [5, 5.41) is 2.80. The molecule has 0 spiro atoms. The molecule has 2 rings (SSSR count). The maximum absolute atomic E-state index is 12.4. The topological polar surface area (TPSA) is 64.4 Å². The van der Waals surface area contributed by atoms with Crippen molar-refractivity contribution < 1.29 is 18.3 Å². The normalized spacial score (nSPS) is 17.7. The predicted molar refractivity (Wildman–Crippen MR) is 82.3 cm³/mol. The highest BCUT2D eigenvalue weighted by atomic mass is 35.5. The zero-order valence-corrected chi connectivity index (χ0v) is 13.2. The molecule has 0 aromatic heterocycles. The minimum absolute atomic E-state index is 0. The van der Waals surface area contributed by atoms with E-state index in [1.165, 1.54) is 6.07 Å². The second-order valence-corrected chi connectivity index (χ2v) is 5.47. The van der Waals surface area contributed by atoms with Crippen molar-refractivity contribution in [1.29, 1.82) is 0 Å². The molecule has 1 saturated carbocycles. The molecule has 3 N–H and O–H groups in total. The summed E-state index contributed by atoms with van der Waals surface area (Å²) in [7, 11) is 0. The third-order valence-corrected chi connectivity index (χ3v) is 3.90. The molecular formula is C15H21ClF2N2O2. The molecule has 1 aliphatic rings. The Labute approximate surface area is 134 Å². The lowest BCUT2D eigenvalue weighted by Gasteiger charge is -2.26. The molecule has 1 amide bonds. The highest BCUT2D eigenvalue weighted by Crippen LogP contribution is 2.30. The first kappa shape index (κ1) is 18.6. The molecule has 1 aromatic rings. The molecule has 0 radical (unpaired) electrons. The van der Waals surface area contributed by atoms with Gasteiger partial charge in [0.1, 0.15) is 5.75 Å². The van der Waals surface area contributed by atoms with Crippen LogP contribution in [-0.2, 0) is 4.79 Å². The fourth-order valence-corrected chi connectivity index (χ4v) is 2.69. The Kier molecular flexibility index (Phi) is 6.56. The number of benzene rings is 1. The summed E-state index contributed by atoms with van der Waals surface area (Å²) in [6, 6.07) is 5.98. The minimum Gasteiger partial charge on any atom is -0.434 e. The van der Waals surface area contributed by atoms with Gasteiger partial charge in [0.2, 0.25) is 5.91 Å². The highest BCUT2D eigenvalue weighted by molar-refractivity contribution is 5.86. The molecule has 7 heteroatoms. The van der Waals surface area contributed by atoms with Gasteiger partial charge in [0, 0.05) is 5.56 Å². The molecular weight excluding hydrogens is 314 g/mol. The van der Waals surface area contributed by atoms with Gasteiger partial charge in [-0.2, -0.15) is 8.78 Å². The lowest BCUT2D eigenvalue weighted by atomic mass is 9.97. The zero-order chi connectivity index (χ0) is 15.5. The van der Waals surface area contributed by atoms with Gasteiger partial charge >= 0.3 is 6.61 Å². The quantitative estimate of drug-likeness (QED) is 0.869. The summed E-state index contributed by atoms with van der Waals surface area (Å²) in [5.74, 6) is -0.169. The van der Waals surface area contributed by atoms with Gasteiger partial charge in [-0.3, -0.25) is 4.79 Å². The van der Waals surface area contributed by atoms with E-state index in [1.54, 1.807) is 25.1 Å². The lowest BCUT2D eigenvalue weighted by molar-refractivity contribution is -0.126. The number of alkyl halides is 2. The highest BCUT2D eigenvalue weighted by Gasteiger charge is 2.37. The Balaban J connectivity index is 0.00000242. The van der Waals surface area contributed by atoms with Gasteiger partial charge in [0.15, 0.2) is 0 Å². The molecule has 22 heavy (non-hydrogen) atoms. The maximum Gasteiger partial charge on any atom is 0.387 e. The average Bonchev–Trinajstić information content (AvgIpc) is 2.87. The summed E-state index contributed by atoms with van der Waals surface area (Å²) < 4.78 is 29.3. The lowest BCUT2D eigenvalue weighted by Crippen LogP contribution is -2.52. The molecule has 1 aliphatic carbocycles. The van der Waals surface area contributed by atoms with Crippen LogP contribution in [0.25, 0.3) is 0 Å². The van der Waals surface area contributed by atoms with Gasteiger partial charge in [-0.05, 0) is 25.8 Å². The number of ether oxygens (including phenoxy) is 1. The fraction of sp³-hybridized carbons (Fsp3) is 0.533. The summed E-state index contributed by atoms with van der Waals surface area (Å²) in [5.41, 5.74) is 5.75. The third-order valence-electron chi connectivity index (χ3n) is 3.90. The van der Waals surface area contributed by atoms with Crippen molar-refractivity contribution in [1.82, 2.24) is 5.32 Å². The van der Waals surface area contributed by atoms with E-state index in [9.17, 15) is 13.6 Å². The number of nitrogens with two attached hydrogens (primary N) is 1. The van der Waals surface area contributed by atoms with Crippen LogP contribution >= 0.6 is 12.4 Å². The van der Waals surface area contributed by atoms with Gasteiger partial charge in [-0.15, -0.1) is 12.4 Å². The van der Waals surface area contributed by atoms with Crippen LogP contribution in [0.15, 0.2) is 24.3 Å². The molecule has 1 unspecified atom stereocenters. The van der Waals surface area contributed by atoms with Gasteiger partial charge in [-0.1, -0.05) is 31.0 Å². The number of hydrogen-bond acceptors (Lipinski definition) is 3. The molecule has 0 aliphatic heterocycles. The SMILES string of the molecule is CC(NC(=O)C1(N)CCCC1)c1ccccc1OC(F)F.Cl. The van der Waals surface area contributed by atoms with E-state index >= 15 is 0 Å². The standard InChI is InChI=1S/C15H20F2N2O2.ClH/c1-10(19-13(20)15(18)8-4-5-9-15)11-6-2-3-7-12(11)21-14(16)17;/h2-3,6-7,10,14H,4-5,8-9,18H2,1H3,(H,19,20);1H. The molecule has 1 fully saturated rings. The van der Waals surface area contributed by atoms with Crippen LogP contribution in [0.1, 0.15) is 44.2 Å². The number of rotatable bonds is 5. The smallest absolute Gasteiger partial charge is 0.387 e. The summed E-state index contributed by atoms with van der Waals surface area (Å²) in [6.07, 6.45) is 3.17. The average molecular weight is 335 g/mol. The van der Waals surface area contributed by atoms with Gasteiger partial charge < -0.3 is 15.8 Å². The largest absolute Gasteiger partial charge is 0.434 e. The summed E-state index contributed by atoms with van der Waals surface area (Å²) in [4.78, 5) is 12.3. The first-order valence-corrected chi connectivity index (χ1v) is 7.06. The van der Waals surface area contributed by atoms with Crippen LogP contribution in [0, 0.1) is 0 Å². The van der Waals surface area contributed by atoms with E-state index in [0.717, 1.165) is 12.8 Å². The van der Waals surface area contributed by atoms with Gasteiger partial charge in [0.05, 0.1) is 11.6 Å². The zero-order valence-electron chi connectivity index (χ0n) is 12.4. The Hall–Kier alpha value is -1.40. The molecule has 1 aromatic carbocycles. The van der Waals surface area contributed by atoms with E-state index in [0.29, 0.717) is 18.4 Å². The van der Waals surface area contributed by atoms with Gasteiger partial charge in [0.25, 0.3) is 0 Å². The van der Waals surface area contributed by atoms with Crippen molar-refractivity contribution in [2.75, 3.05) is 0 Å². The van der Waals surface area contributed by atoms with E-state index in [-0.39, 0.29) is 24.1 Å². The molecule has 0 heterocycles. The second-order valence-electron chi connectivity index (χ2n) is 5.47. The van der Waals surface area contributed by atoms with E-state index in [2.05, 4.69) is 10.1 Å². The molecule has 0 bridgehead atoms. The summed E-state index contributed by atoms with van der Waals surface area (Å²) in [6.45, 7) is -1.17. The number of para-hydroxylation sites is 1. The summed E-state index contributed by atoms with van der Waals surface area (Å²) >= 11 is 0. The second kappa shape index (κ2) is 7.74. The van der Waals surface area contributed by atoms with Crippen molar-refractivity contribution in [2.24, 2.45) is 5.73 Å². The van der Waals surface area contributed by atoms with Crippen molar-refractivity contribution in [3.8, 4) is 5.75 Å². The maximum atomic E-state index is 12.4. The predicted octanol–water partition coefficient (Wildman–Crippen LogP) is 3.16. The van der Waals surface area contributed by atoms with Crippen LogP contribution in [0.2, 0.25) is 0 Å². The van der Waals surface area contributed by atoms with Crippen LogP contribution in [0.5, 0.6) is 5.75 Å². The number of amides is 1. The number of halogens is 3. The molecule has 1 atom stereocenters. The first-order valence-electron chi connectivity index (χ1n) is 7.06. The number of carbonyl (C=O) groups is 1. The van der Waals surface area contributed by atoms with Crippen molar-refractivity contribution >= 4 is 18.3 Å². The number of hydrogen-bond donors (Lipinski definition) is 2.